The minimum absolute atomic E-state index is 0.0780. The smallest absolute Gasteiger partial charge is 0.223 e. The minimum atomic E-state index is -0.239. The van der Waals surface area contributed by atoms with Crippen LogP contribution >= 0.6 is 0 Å². The zero-order valence-electron chi connectivity index (χ0n) is 14.6. The summed E-state index contributed by atoms with van der Waals surface area (Å²) in [5.74, 6) is -0.0679. The molecule has 1 saturated heterocycles. The van der Waals surface area contributed by atoms with Crippen LogP contribution in [0.15, 0.2) is 24.3 Å². The molecule has 0 aliphatic carbocycles. The standard InChI is InChI=1S/C19H24FN3O/c1-13-17(14(2)22(3)21-13)10-11-19(24)23-12-4-5-18(23)15-6-8-16(20)9-7-15/h6-9,18H,4-5,10-12H2,1-3H3. The van der Waals surface area contributed by atoms with Gasteiger partial charge in [-0.3, -0.25) is 9.48 Å². The highest BCUT2D eigenvalue weighted by Crippen LogP contribution is 2.32. The number of likely N-dealkylation sites (tertiary alicyclic amines) is 1. The van der Waals surface area contributed by atoms with Crippen LogP contribution in [0.25, 0.3) is 0 Å². The normalized spacial score (nSPS) is 17.5. The molecule has 4 nitrogen and oxygen atoms in total. The second-order valence-corrected chi connectivity index (χ2v) is 6.57. The summed E-state index contributed by atoms with van der Waals surface area (Å²) in [5.41, 5.74) is 4.32. The van der Waals surface area contributed by atoms with Crippen LogP contribution in [0.4, 0.5) is 4.39 Å². The molecule has 2 aromatic rings. The van der Waals surface area contributed by atoms with Crippen molar-refractivity contribution in [1.29, 1.82) is 0 Å². The Labute approximate surface area is 142 Å². The number of aromatic nitrogens is 2. The van der Waals surface area contributed by atoms with Gasteiger partial charge in [-0.25, -0.2) is 4.39 Å². The molecule has 0 saturated carbocycles. The molecule has 3 rings (SSSR count). The van der Waals surface area contributed by atoms with E-state index < -0.39 is 0 Å². The van der Waals surface area contributed by atoms with Gasteiger partial charge in [-0.15, -0.1) is 0 Å². The molecule has 128 valence electrons. The number of rotatable bonds is 4. The van der Waals surface area contributed by atoms with Gasteiger partial charge in [0.25, 0.3) is 0 Å². The molecule has 0 bridgehead atoms. The Morgan fingerprint density at radius 1 is 1.29 bits per heavy atom. The number of halogens is 1. The molecular formula is C19H24FN3O. The summed E-state index contributed by atoms with van der Waals surface area (Å²) in [6, 6.07) is 6.61. The van der Waals surface area contributed by atoms with Gasteiger partial charge in [0.2, 0.25) is 5.91 Å². The first-order valence-electron chi connectivity index (χ1n) is 8.51. The summed E-state index contributed by atoms with van der Waals surface area (Å²) in [6.45, 7) is 4.81. The quantitative estimate of drug-likeness (QED) is 0.861. The van der Waals surface area contributed by atoms with Crippen molar-refractivity contribution in [3.05, 3.63) is 52.6 Å². The summed E-state index contributed by atoms with van der Waals surface area (Å²) < 4.78 is 15.0. The third kappa shape index (κ3) is 3.21. The predicted molar refractivity (Wildman–Crippen MR) is 91.1 cm³/mol. The molecule has 1 unspecified atom stereocenters. The maximum Gasteiger partial charge on any atom is 0.223 e. The van der Waals surface area contributed by atoms with E-state index in [2.05, 4.69) is 5.10 Å². The summed E-state index contributed by atoms with van der Waals surface area (Å²) in [5, 5.41) is 4.41. The lowest BCUT2D eigenvalue weighted by Crippen LogP contribution is -2.30. The molecule has 5 heteroatoms. The largest absolute Gasteiger partial charge is 0.336 e. The third-order valence-corrected chi connectivity index (χ3v) is 5.08. The Morgan fingerprint density at radius 2 is 2.00 bits per heavy atom. The molecule has 1 fully saturated rings. The molecule has 1 aromatic heterocycles. The van der Waals surface area contributed by atoms with E-state index in [0.29, 0.717) is 6.42 Å². The summed E-state index contributed by atoms with van der Waals surface area (Å²) >= 11 is 0. The number of nitrogens with zero attached hydrogens (tertiary/aromatic N) is 3. The Morgan fingerprint density at radius 3 is 2.62 bits per heavy atom. The van der Waals surface area contributed by atoms with Gasteiger partial charge in [0.15, 0.2) is 0 Å². The Balaban J connectivity index is 1.68. The van der Waals surface area contributed by atoms with Gasteiger partial charge in [-0.2, -0.15) is 5.10 Å². The summed E-state index contributed by atoms with van der Waals surface area (Å²) in [7, 11) is 1.93. The summed E-state index contributed by atoms with van der Waals surface area (Å²) in [6.07, 6.45) is 3.16. The third-order valence-electron chi connectivity index (χ3n) is 5.08. The Kier molecular flexibility index (Phi) is 4.69. The maximum atomic E-state index is 13.1. The van der Waals surface area contributed by atoms with E-state index in [1.165, 1.54) is 17.7 Å². The fourth-order valence-corrected chi connectivity index (χ4v) is 3.65. The van der Waals surface area contributed by atoms with Gasteiger partial charge in [0.05, 0.1) is 11.7 Å². The Bertz CT molecular complexity index is 736. The van der Waals surface area contributed by atoms with Crippen molar-refractivity contribution in [1.82, 2.24) is 14.7 Å². The molecule has 1 amide bonds. The van der Waals surface area contributed by atoms with E-state index in [4.69, 9.17) is 0 Å². The number of hydrogen-bond acceptors (Lipinski definition) is 2. The predicted octanol–water partition coefficient (Wildman–Crippen LogP) is 3.47. The monoisotopic (exact) mass is 329 g/mol. The highest BCUT2D eigenvalue weighted by molar-refractivity contribution is 5.77. The molecular weight excluding hydrogens is 305 g/mol. The number of benzene rings is 1. The van der Waals surface area contributed by atoms with Crippen LogP contribution < -0.4 is 0 Å². The van der Waals surface area contributed by atoms with E-state index in [1.807, 2.05) is 30.5 Å². The van der Waals surface area contributed by atoms with Crippen LogP contribution in [0.3, 0.4) is 0 Å². The topological polar surface area (TPSA) is 38.1 Å². The van der Waals surface area contributed by atoms with Crippen LogP contribution in [0, 0.1) is 19.7 Å². The van der Waals surface area contributed by atoms with Gasteiger partial charge >= 0.3 is 0 Å². The van der Waals surface area contributed by atoms with Gasteiger partial charge in [-0.05, 0) is 56.4 Å². The van der Waals surface area contributed by atoms with Crippen LogP contribution in [-0.2, 0) is 18.3 Å². The Hall–Kier alpha value is -2.17. The fourth-order valence-electron chi connectivity index (χ4n) is 3.65. The van der Waals surface area contributed by atoms with Gasteiger partial charge in [0, 0.05) is 25.7 Å². The van der Waals surface area contributed by atoms with E-state index in [1.54, 1.807) is 12.1 Å². The number of hydrogen-bond donors (Lipinski definition) is 0. The zero-order valence-corrected chi connectivity index (χ0v) is 14.6. The number of carbonyl (C=O) groups is 1. The molecule has 2 heterocycles. The van der Waals surface area contributed by atoms with Crippen molar-refractivity contribution in [2.75, 3.05) is 6.54 Å². The van der Waals surface area contributed by atoms with Crippen molar-refractivity contribution in [2.24, 2.45) is 7.05 Å². The van der Waals surface area contributed by atoms with Crippen molar-refractivity contribution in [3.63, 3.8) is 0 Å². The second-order valence-electron chi connectivity index (χ2n) is 6.57. The first-order valence-corrected chi connectivity index (χ1v) is 8.51. The SMILES string of the molecule is Cc1nn(C)c(C)c1CCC(=O)N1CCCC1c1ccc(F)cc1. The lowest BCUT2D eigenvalue weighted by Gasteiger charge is -2.25. The van der Waals surface area contributed by atoms with Crippen LogP contribution in [0.1, 0.15) is 47.8 Å². The molecule has 1 aliphatic heterocycles. The molecule has 24 heavy (non-hydrogen) atoms. The number of amides is 1. The molecule has 1 aromatic carbocycles. The second kappa shape index (κ2) is 6.75. The van der Waals surface area contributed by atoms with Gasteiger partial charge < -0.3 is 4.90 Å². The maximum absolute atomic E-state index is 13.1. The zero-order chi connectivity index (χ0) is 17.3. The van der Waals surface area contributed by atoms with Crippen molar-refractivity contribution < 1.29 is 9.18 Å². The van der Waals surface area contributed by atoms with Crippen molar-refractivity contribution >= 4 is 5.91 Å². The van der Waals surface area contributed by atoms with Gasteiger partial charge in [-0.1, -0.05) is 12.1 Å². The molecule has 0 radical (unpaired) electrons. The fraction of sp³-hybridized carbons (Fsp3) is 0.474. The minimum Gasteiger partial charge on any atom is -0.336 e. The highest BCUT2D eigenvalue weighted by Gasteiger charge is 2.29. The molecule has 1 aliphatic rings. The van der Waals surface area contributed by atoms with Crippen molar-refractivity contribution in [2.45, 2.75) is 45.6 Å². The molecule has 0 spiro atoms. The van der Waals surface area contributed by atoms with Crippen molar-refractivity contribution in [3.8, 4) is 0 Å². The highest BCUT2D eigenvalue weighted by atomic mass is 19.1. The summed E-state index contributed by atoms with van der Waals surface area (Å²) in [4.78, 5) is 14.7. The lowest BCUT2D eigenvalue weighted by atomic mass is 10.0. The number of aryl methyl sites for hydroxylation is 2. The van der Waals surface area contributed by atoms with E-state index >= 15 is 0 Å². The van der Waals surface area contributed by atoms with Crippen LogP contribution in [0.2, 0.25) is 0 Å². The lowest BCUT2D eigenvalue weighted by molar-refractivity contribution is -0.132. The molecule has 1 atom stereocenters. The van der Waals surface area contributed by atoms with E-state index in [9.17, 15) is 9.18 Å². The van der Waals surface area contributed by atoms with Gasteiger partial charge in [0.1, 0.15) is 5.82 Å². The van der Waals surface area contributed by atoms with E-state index in [0.717, 1.165) is 42.8 Å². The number of carbonyl (C=O) groups excluding carboxylic acids is 1. The average Bonchev–Trinajstić information content (AvgIpc) is 3.13. The van der Waals surface area contributed by atoms with Crippen LogP contribution in [-0.4, -0.2) is 27.1 Å². The first kappa shape index (κ1) is 16.7. The molecule has 0 N–H and O–H groups in total. The average molecular weight is 329 g/mol. The van der Waals surface area contributed by atoms with E-state index in [-0.39, 0.29) is 17.8 Å². The van der Waals surface area contributed by atoms with Crippen LogP contribution in [0.5, 0.6) is 0 Å². The first-order chi connectivity index (χ1) is 11.5.